The van der Waals surface area contributed by atoms with E-state index < -0.39 is 5.97 Å². The summed E-state index contributed by atoms with van der Waals surface area (Å²) in [6.45, 7) is 0.598. The van der Waals surface area contributed by atoms with Crippen molar-refractivity contribution in [2.75, 3.05) is 13.7 Å². The average Bonchev–Trinajstić information content (AvgIpc) is 2.95. The molecular formula is C14H15ClO4. The molecule has 2 aliphatic rings. The van der Waals surface area contributed by atoms with Gasteiger partial charge in [-0.3, -0.25) is 4.79 Å². The van der Waals surface area contributed by atoms with Gasteiger partial charge in [0.15, 0.2) is 11.5 Å². The molecule has 0 spiro atoms. The normalized spacial score (nSPS) is 18.6. The summed E-state index contributed by atoms with van der Waals surface area (Å²) in [5.41, 5.74) is 1.54. The minimum Gasteiger partial charge on any atom is -0.493 e. The van der Waals surface area contributed by atoms with Gasteiger partial charge in [0.2, 0.25) is 0 Å². The van der Waals surface area contributed by atoms with Crippen LogP contribution in [0.2, 0.25) is 5.02 Å². The van der Waals surface area contributed by atoms with Crippen LogP contribution in [0.1, 0.15) is 30.4 Å². The largest absolute Gasteiger partial charge is 0.493 e. The lowest BCUT2D eigenvalue weighted by molar-refractivity contribution is -0.137. The second-order valence-corrected chi connectivity index (χ2v) is 5.58. The maximum absolute atomic E-state index is 11.0. The van der Waals surface area contributed by atoms with Crippen molar-refractivity contribution in [3.05, 3.63) is 22.2 Å². The fraction of sp³-hybridized carbons (Fsp3) is 0.500. The van der Waals surface area contributed by atoms with Gasteiger partial charge in [-0.1, -0.05) is 11.6 Å². The zero-order valence-electron chi connectivity index (χ0n) is 10.7. The lowest BCUT2D eigenvalue weighted by Gasteiger charge is -2.19. The van der Waals surface area contributed by atoms with Crippen LogP contribution in [-0.2, 0) is 16.6 Å². The molecule has 0 bridgehead atoms. The van der Waals surface area contributed by atoms with E-state index in [2.05, 4.69) is 0 Å². The van der Waals surface area contributed by atoms with E-state index in [1.54, 1.807) is 7.11 Å². The van der Waals surface area contributed by atoms with Gasteiger partial charge < -0.3 is 14.6 Å². The molecule has 102 valence electrons. The van der Waals surface area contributed by atoms with Gasteiger partial charge in [0, 0.05) is 17.4 Å². The minimum atomic E-state index is -0.788. The molecule has 1 saturated carbocycles. The van der Waals surface area contributed by atoms with E-state index in [0.717, 1.165) is 30.4 Å². The number of ether oxygens (including phenoxy) is 2. The summed E-state index contributed by atoms with van der Waals surface area (Å²) in [4.78, 5) is 11.0. The molecule has 1 aromatic rings. The Kier molecular flexibility index (Phi) is 2.86. The van der Waals surface area contributed by atoms with Gasteiger partial charge in [-0.2, -0.15) is 0 Å². The monoisotopic (exact) mass is 282 g/mol. The van der Waals surface area contributed by atoms with Crippen LogP contribution in [0, 0.1) is 0 Å². The molecule has 0 unspecified atom stereocenters. The van der Waals surface area contributed by atoms with Gasteiger partial charge in [-0.15, -0.1) is 0 Å². The number of hydrogen-bond acceptors (Lipinski definition) is 3. The maximum Gasteiger partial charge on any atom is 0.304 e. The third-order valence-electron chi connectivity index (χ3n) is 4.01. The Labute approximate surface area is 116 Å². The number of halogens is 1. The van der Waals surface area contributed by atoms with Gasteiger partial charge in [0.05, 0.1) is 25.2 Å². The van der Waals surface area contributed by atoms with Gasteiger partial charge >= 0.3 is 5.97 Å². The molecule has 4 nitrogen and oxygen atoms in total. The van der Waals surface area contributed by atoms with Crippen LogP contribution in [0.15, 0.2) is 6.07 Å². The molecule has 0 atom stereocenters. The van der Waals surface area contributed by atoms with E-state index in [0.29, 0.717) is 23.1 Å². The van der Waals surface area contributed by atoms with Gasteiger partial charge in [-0.05, 0) is 24.5 Å². The first-order valence-electron chi connectivity index (χ1n) is 6.32. The van der Waals surface area contributed by atoms with Crippen LogP contribution in [0.25, 0.3) is 0 Å². The highest BCUT2D eigenvalue weighted by molar-refractivity contribution is 6.32. The summed E-state index contributed by atoms with van der Waals surface area (Å²) in [5.74, 6) is 0.579. The van der Waals surface area contributed by atoms with Crippen molar-refractivity contribution in [2.45, 2.75) is 31.1 Å². The molecule has 0 amide bonds. The Morgan fingerprint density at radius 1 is 1.58 bits per heavy atom. The van der Waals surface area contributed by atoms with E-state index in [9.17, 15) is 4.79 Å². The average molecular weight is 283 g/mol. The molecule has 0 radical (unpaired) electrons. The molecule has 1 fully saturated rings. The first-order chi connectivity index (χ1) is 9.07. The zero-order valence-corrected chi connectivity index (χ0v) is 11.4. The predicted octanol–water partition coefficient (Wildman–Crippen LogP) is 2.79. The van der Waals surface area contributed by atoms with Crippen LogP contribution >= 0.6 is 11.6 Å². The third kappa shape index (κ3) is 1.94. The number of carbonyl (C=O) groups is 1. The van der Waals surface area contributed by atoms with Gasteiger partial charge in [0.25, 0.3) is 0 Å². The van der Waals surface area contributed by atoms with E-state index in [1.807, 2.05) is 6.07 Å². The van der Waals surface area contributed by atoms with Crippen molar-refractivity contribution >= 4 is 17.6 Å². The predicted molar refractivity (Wildman–Crippen MR) is 70.4 cm³/mol. The van der Waals surface area contributed by atoms with Gasteiger partial charge in [0.1, 0.15) is 0 Å². The molecule has 1 aliphatic heterocycles. The van der Waals surface area contributed by atoms with Crippen LogP contribution in [-0.4, -0.2) is 24.8 Å². The molecule has 0 aromatic heterocycles. The first-order valence-corrected chi connectivity index (χ1v) is 6.69. The Hall–Kier alpha value is -1.42. The summed E-state index contributed by atoms with van der Waals surface area (Å²) >= 11 is 6.46. The van der Waals surface area contributed by atoms with Crippen LogP contribution < -0.4 is 9.47 Å². The molecule has 1 aliphatic carbocycles. The van der Waals surface area contributed by atoms with E-state index in [-0.39, 0.29) is 11.8 Å². The van der Waals surface area contributed by atoms with E-state index >= 15 is 0 Å². The lowest BCUT2D eigenvalue weighted by atomic mass is 9.90. The van der Waals surface area contributed by atoms with E-state index in [1.165, 1.54) is 0 Å². The van der Waals surface area contributed by atoms with Crippen LogP contribution in [0.3, 0.4) is 0 Å². The van der Waals surface area contributed by atoms with Crippen LogP contribution in [0.4, 0.5) is 0 Å². The molecule has 0 saturated heterocycles. The SMILES string of the molecule is COc1cc(C2(CC(=O)O)CC2)c(Cl)c2c1OCC2. The fourth-order valence-corrected chi connectivity index (χ4v) is 3.26. The Bertz CT molecular complexity index is 549. The van der Waals surface area contributed by atoms with E-state index in [4.69, 9.17) is 26.2 Å². The number of rotatable bonds is 4. The number of carboxylic acid groups (broad SMARTS) is 1. The van der Waals surface area contributed by atoms with Crippen molar-refractivity contribution in [2.24, 2.45) is 0 Å². The minimum absolute atomic E-state index is 0.121. The number of methoxy groups -OCH3 is 1. The molecule has 19 heavy (non-hydrogen) atoms. The zero-order chi connectivity index (χ0) is 13.6. The maximum atomic E-state index is 11.0. The highest BCUT2D eigenvalue weighted by Crippen LogP contribution is 2.56. The smallest absolute Gasteiger partial charge is 0.304 e. The van der Waals surface area contributed by atoms with Crippen molar-refractivity contribution in [3.8, 4) is 11.5 Å². The summed E-state index contributed by atoms with van der Waals surface area (Å²) in [7, 11) is 1.59. The molecular weight excluding hydrogens is 268 g/mol. The molecule has 1 aromatic carbocycles. The Balaban J connectivity index is 2.10. The molecule has 5 heteroatoms. The summed E-state index contributed by atoms with van der Waals surface area (Å²) in [6.07, 6.45) is 2.60. The molecule has 3 rings (SSSR count). The number of carboxylic acids is 1. The van der Waals surface area contributed by atoms with Crippen molar-refractivity contribution < 1.29 is 19.4 Å². The summed E-state index contributed by atoms with van der Waals surface area (Å²) < 4.78 is 10.9. The Morgan fingerprint density at radius 3 is 2.89 bits per heavy atom. The summed E-state index contributed by atoms with van der Waals surface area (Å²) in [5, 5.41) is 9.72. The fourth-order valence-electron chi connectivity index (χ4n) is 2.83. The second-order valence-electron chi connectivity index (χ2n) is 5.20. The number of fused-ring (bicyclic) bond motifs is 1. The van der Waals surface area contributed by atoms with Crippen molar-refractivity contribution in [1.29, 1.82) is 0 Å². The highest BCUT2D eigenvalue weighted by Gasteiger charge is 2.48. The summed E-state index contributed by atoms with van der Waals surface area (Å²) in [6, 6.07) is 1.85. The number of aliphatic carboxylic acids is 1. The quantitative estimate of drug-likeness (QED) is 0.923. The number of benzene rings is 1. The molecule has 1 N–H and O–H groups in total. The topological polar surface area (TPSA) is 55.8 Å². The van der Waals surface area contributed by atoms with Crippen molar-refractivity contribution in [3.63, 3.8) is 0 Å². The van der Waals surface area contributed by atoms with Gasteiger partial charge in [-0.25, -0.2) is 0 Å². The first kappa shape index (κ1) is 12.6. The second kappa shape index (κ2) is 4.30. The third-order valence-corrected chi connectivity index (χ3v) is 4.44. The Morgan fingerprint density at radius 2 is 2.32 bits per heavy atom. The standard InChI is InChI=1S/C14H15ClO4/c1-18-10-6-9(14(3-4-14)7-11(16)17)12(15)8-2-5-19-13(8)10/h6H,2-5,7H2,1H3,(H,16,17). The van der Waals surface area contributed by atoms with Crippen molar-refractivity contribution in [1.82, 2.24) is 0 Å². The highest BCUT2D eigenvalue weighted by atomic mass is 35.5. The van der Waals surface area contributed by atoms with Crippen LogP contribution in [0.5, 0.6) is 11.5 Å². The number of hydrogen-bond donors (Lipinski definition) is 1. The molecule has 1 heterocycles. The lowest BCUT2D eigenvalue weighted by Crippen LogP contribution is -2.14.